The van der Waals surface area contributed by atoms with Crippen LogP contribution in [0.2, 0.25) is 0 Å². The number of nitrogens with two attached hydrogens (primary N) is 1. The third kappa shape index (κ3) is 11.1. The number of nitrogen functional groups attached to an aromatic ring is 1. The Bertz CT molecular complexity index is 1130. The predicted molar refractivity (Wildman–Crippen MR) is 153 cm³/mol. The molecule has 0 aliphatic heterocycles. The maximum absolute atomic E-state index is 13.9. The molecule has 0 bridgehead atoms. The summed E-state index contributed by atoms with van der Waals surface area (Å²) < 4.78 is 32.3. The molecule has 13 nitrogen and oxygen atoms in total. The van der Waals surface area contributed by atoms with Crippen molar-refractivity contribution in [3.63, 3.8) is 0 Å². The first-order valence-corrected chi connectivity index (χ1v) is 15.9. The highest BCUT2D eigenvalue weighted by atomic mass is 31.2. The van der Waals surface area contributed by atoms with E-state index < -0.39 is 37.4 Å². The molecule has 2 aromatic rings. The van der Waals surface area contributed by atoms with Crippen LogP contribution in [0.3, 0.4) is 0 Å². The molecule has 0 saturated heterocycles. The molecule has 0 aromatic carbocycles. The molecule has 0 aliphatic rings. The first-order chi connectivity index (χ1) is 19.0. The second-order valence-corrected chi connectivity index (χ2v) is 12.7. The van der Waals surface area contributed by atoms with E-state index in [1.807, 2.05) is 6.92 Å². The van der Waals surface area contributed by atoms with Gasteiger partial charge in [0.25, 0.3) is 0 Å². The van der Waals surface area contributed by atoms with E-state index in [1.165, 1.54) is 6.33 Å². The second-order valence-electron chi connectivity index (χ2n) is 10.4. The van der Waals surface area contributed by atoms with Gasteiger partial charge in [-0.15, -0.1) is 0 Å². The van der Waals surface area contributed by atoms with Crippen molar-refractivity contribution >= 4 is 36.4 Å². The molecule has 4 N–H and O–H groups in total. The summed E-state index contributed by atoms with van der Waals surface area (Å²) in [4.78, 5) is 37.3. The van der Waals surface area contributed by atoms with Crippen molar-refractivity contribution in [1.82, 2.24) is 29.7 Å². The lowest BCUT2D eigenvalue weighted by Gasteiger charge is -2.26. The lowest BCUT2D eigenvalue weighted by molar-refractivity contribution is -0.151. The molecule has 0 radical (unpaired) electrons. The lowest BCUT2D eigenvalue weighted by Crippen LogP contribution is -2.40. The molecule has 0 spiro atoms. The minimum Gasteiger partial charge on any atom is -0.465 e. The molecule has 2 heterocycles. The molecule has 2 aromatic heterocycles. The van der Waals surface area contributed by atoms with Crippen LogP contribution < -0.4 is 15.9 Å². The SMILES string of the molecule is CCCCCCCOC(=O)[C@@H](C)NP(=O)(CO[C@H](C)Cn1cnc2c(N)ncnc21)NC[C@H](C)C(=O)OC(C)C. The monoisotopic (exact) mass is 583 g/mol. The molecule has 0 fully saturated rings. The summed E-state index contributed by atoms with van der Waals surface area (Å²) in [6.07, 6.45) is 7.21. The number of fused-ring (bicyclic) bond motifs is 1. The minimum atomic E-state index is -3.51. The standard InChI is InChI=1S/C26H46N7O6P/c1-7-8-9-10-11-12-37-26(35)21(6)32-40(36,31-13-19(4)25(34)39-18(2)3)17-38-20(5)14-33-16-30-22-23(27)28-15-29-24(22)33/h15-16,18-21H,7-14,17H2,1-6H3,(H2,27,28,29)(H2,31,32,36)/t19-,20+,21+,40?/m0/s1. The number of esters is 2. The van der Waals surface area contributed by atoms with Crippen molar-refractivity contribution in [2.45, 2.75) is 98.4 Å². The number of imidazole rings is 1. The number of hydrogen-bond acceptors (Lipinski definition) is 10. The van der Waals surface area contributed by atoms with Crippen LogP contribution in [0.25, 0.3) is 11.2 Å². The van der Waals surface area contributed by atoms with Crippen LogP contribution >= 0.6 is 7.44 Å². The number of rotatable bonds is 19. The molecule has 0 aliphatic carbocycles. The summed E-state index contributed by atoms with van der Waals surface area (Å²) in [6.45, 7) is 11.5. The molecule has 14 heteroatoms. The van der Waals surface area contributed by atoms with Gasteiger partial charge < -0.3 is 24.5 Å². The molecule has 226 valence electrons. The van der Waals surface area contributed by atoms with Crippen LogP contribution in [0, 0.1) is 5.92 Å². The van der Waals surface area contributed by atoms with Crippen LogP contribution in [-0.2, 0) is 34.9 Å². The fourth-order valence-corrected chi connectivity index (χ4v) is 5.83. The summed E-state index contributed by atoms with van der Waals surface area (Å²) in [6, 6.07) is -0.858. The normalized spacial score (nSPS) is 15.5. The fourth-order valence-electron chi connectivity index (χ4n) is 3.81. The number of carbonyl (C=O) groups excluding carboxylic acids is 2. The summed E-state index contributed by atoms with van der Waals surface area (Å²) in [5.41, 5.74) is 6.92. The van der Waals surface area contributed by atoms with Crippen molar-refractivity contribution in [1.29, 1.82) is 0 Å². The Morgan fingerprint density at radius 1 is 1.05 bits per heavy atom. The predicted octanol–water partition coefficient (Wildman–Crippen LogP) is 3.63. The van der Waals surface area contributed by atoms with Crippen LogP contribution in [0.5, 0.6) is 0 Å². The van der Waals surface area contributed by atoms with E-state index in [0.29, 0.717) is 24.3 Å². The van der Waals surface area contributed by atoms with Crippen LogP contribution in [0.15, 0.2) is 12.7 Å². The van der Waals surface area contributed by atoms with Crippen LogP contribution in [-0.4, -0.2) is 69.2 Å². The summed E-state index contributed by atoms with van der Waals surface area (Å²) >= 11 is 0. The molecule has 0 saturated carbocycles. The summed E-state index contributed by atoms with van der Waals surface area (Å²) in [5, 5.41) is 5.81. The zero-order valence-corrected chi connectivity index (χ0v) is 25.5. The van der Waals surface area contributed by atoms with Gasteiger partial charge >= 0.3 is 11.9 Å². The van der Waals surface area contributed by atoms with Gasteiger partial charge in [-0.2, -0.15) is 0 Å². The molecule has 4 atom stereocenters. The van der Waals surface area contributed by atoms with Gasteiger partial charge in [-0.05, 0) is 34.1 Å². The number of unbranched alkanes of at least 4 members (excludes halogenated alkanes) is 4. The molecular formula is C26H46N7O6P. The van der Waals surface area contributed by atoms with Gasteiger partial charge in [-0.1, -0.05) is 39.5 Å². The second kappa shape index (κ2) is 16.6. The highest BCUT2D eigenvalue weighted by Gasteiger charge is 2.30. The topological polar surface area (TPSA) is 173 Å². The number of carbonyl (C=O) groups is 2. The molecular weight excluding hydrogens is 537 g/mol. The van der Waals surface area contributed by atoms with Crippen LogP contribution in [0.4, 0.5) is 5.82 Å². The number of hydrogen-bond donors (Lipinski definition) is 3. The van der Waals surface area contributed by atoms with Gasteiger partial charge in [0, 0.05) is 6.54 Å². The van der Waals surface area contributed by atoms with Gasteiger partial charge in [0.2, 0.25) is 7.44 Å². The number of nitrogens with one attached hydrogen (secondary N) is 2. The zero-order valence-electron chi connectivity index (χ0n) is 24.6. The Kier molecular flexibility index (Phi) is 14.0. The number of anilines is 1. The first-order valence-electron chi connectivity index (χ1n) is 14.0. The number of nitrogens with zero attached hydrogens (tertiary/aromatic N) is 4. The van der Waals surface area contributed by atoms with E-state index in [4.69, 9.17) is 19.9 Å². The Balaban J connectivity index is 2.01. The molecule has 1 unspecified atom stereocenters. The third-order valence-corrected chi connectivity index (χ3v) is 8.09. The average Bonchev–Trinajstić information content (AvgIpc) is 3.31. The third-order valence-electron chi connectivity index (χ3n) is 6.08. The van der Waals surface area contributed by atoms with Crippen molar-refractivity contribution in [3.8, 4) is 0 Å². The Labute approximate surface area is 236 Å². The van der Waals surface area contributed by atoms with Crippen molar-refractivity contribution in [2.75, 3.05) is 25.2 Å². The maximum atomic E-state index is 13.9. The summed E-state index contributed by atoms with van der Waals surface area (Å²) in [7, 11) is -3.51. The number of ether oxygens (including phenoxy) is 3. The van der Waals surface area contributed by atoms with Gasteiger partial charge in [-0.3, -0.25) is 19.2 Å². The van der Waals surface area contributed by atoms with E-state index in [9.17, 15) is 14.2 Å². The highest BCUT2D eigenvalue weighted by Crippen LogP contribution is 2.37. The summed E-state index contributed by atoms with van der Waals surface area (Å²) in [5.74, 6) is -1.20. The van der Waals surface area contributed by atoms with Gasteiger partial charge in [0.15, 0.2) is 11.5 Å². The van der Waals surface area contributed by atoms with Crippen molar-refractivity contribution in [2.24, 2.45) is 5.92 Å². The Morgan fingerprint density at radius 3 is 2.48 bits per heavy atom. The Hall–Kier alpha value is -2.60. The Morgan fingerprint density at radius 2 is 1.77 bits per heavy atom. The van der Waals surface area contributed by atoms with Crippen LogP contribution in [0.1, 0.15) is 73.6 Å². The van der Waals surface area contributed by atoms with Gasteiger partial charge in [0.05, 0.1) is 37.6 Å². The molecule has 40 heavy (non-hydrogen) atoms. The minimum absolute atomic E-state index is 0.0646. The number of aromatic nitrogens is 4. The largest absolute Gasteiger partial charge is 0.465 e. The zero-order chi connectivity index (χ0) is 29.7. The van der Waals surface area contributed by atoms with E-state index in [2.05, 4.69) is 32.1 Å². The molecule has 2 rings (SSSR count). The van der Waals surface area contributed by atoms with E-state index in [0.717, 1.165) is 32.1 Å². The smallest absolute Gasteiger partial charge is 0.323 e. The molecule has 0 amide bonds. The highest BCUT2D eigenvalue weighted by molar-refractivity contribution is 7.59. The van der Waals surface area contributed by atoms with E-state index in [-0.39, 0.29) is 24.8 Å². The average molecular weight is 584 g/mol. The maximum Gasteiger partial charge on any atom is 0.323 e. The van der Waals surface area contributed by atoms with Crippen molar-refractivity contribution in [3.05, 3.63) is 12.7 Å². The quantitative estimate of drug-likeness (QED) is 0.125. The van der Waals surface area contributed by atoms with Gasteiger partial charge in [-0.25, -0.2) is 20.0 Å². The fraction of sp³-hybridized carbons (Fsp3) is 0.731. The first kappa shape index (κ1) is 33.6. The van der Waals surface area contributed by atoms with E-state index >= 15 is 0 Å². The lowest BCUT2D eigenvalue weighted by atomic mass is 10.2. The van der Waals surface area contributed by atoms with Crippen molar-refractivity contribution < 1.29 is 28.4 Å². The van der Waals surface area contributed by atoms with E-state index in [1.54, 1.807) is 38.6 Å². The van der Waals surface area contributed by atoms with Gasteiger partial charge in [0.1, 0.15) is 24.2 Å².